The van der Waals surface area contributed by atoms with Gasteiger partial charge in [-0.15, -0.1) is 21.5 Å². The van der Waals surface area contributed by atoms with Gasteiger partial charge in [0.2, 0.25) is 5.95 Å². The van der Waals surface area contributed by atoms with Crippen LogP contribution in [0.1, 0.15) is 26.7 Å². The van der Waals surface area contributed by atoms with Gasteiger partial charge in [0, 0.05) is 35.8 Å². The largest absolute Gasteiger partial charge is 0.507 e. The molecular formula is C20H25N5O2S. The van der Waals surface area contributed by atoms with Crippen LogP contribution in [0, 0.1) is 0 Å². The fourth-order valence-electron chi connectivity index (χ4n) is 3.75. The lowest BCUT2D eigenvalue weighted by molar-refractivity contribution is 0.174. The molecule has 1 aromatic carbocycles. The summed E-state index contributed by atoms with van der Waals surface area (Å²) in [6.45, 7) is 6.42. The first-order valence-corrected chi connectivity index (χ1v) is 10.5. The molecule has 1 aliphatic rings. The highest BCUT2D eigenvalue weighted by molar-refractivity contribution is 7.17. The minimum Gasteiger partial charge on any atom is -0.507 e. The molecule has 0 radical (unpaired) electrons. The van der Waals surface area contributed by atoms with E-state index in [9.17, 15) is 9.90 Å². The van der Waals surface area contributed by atoms with Gasteiger partial charge in [-0.25, -0.2) is 0 Å². The number of phenols is 1. The molecule has 7 nitrogen and oxygen atoms in total. The summed E-state index contributed by atoms with van der Waals surface area (Å²) in [6, 6.07) is 6.20. The maximum absolute atomic E-state index is 12.9. The van der Waals surface area contributed by atoms with Crippen molar-refractivity contribution in [1.82, 2.24) is 19.7 Å². The molecule has 0 amide bonds. The number of rotatable bonds is 4. The van der Waals surface area contributed by atoms with E-state index in [-0.39, 0.29) is 23.0 Å². The predicted octanol–water partition coefficient (Wildman–Crippen LogP) is 3.05. The van der Waals surface area contributed by atoms with Crippen molar-refractivity contribution in [2.75, 3.05) is 18.4 Å². The van der Waals surface area contributed by atoms with Gasteiger partial charge in [-0.2, -0.15) is 0 Å². The van der Waals surface area contributed by atoms with Crippen LogP contribution in [0.25, 0.3) is 21.3 Å². The lowest BCUT2D eigenvalue weighted by atomic mass is 10.0. The van der Waals surface area contributed by atoms with Crippen molar-refractivity contribution < 1.29 is 5.11 Å². The molecule has 0 bridgehead atoms. The van der Waals surface area contributed by atoms with Crippen LogP contribution in [-0.2, 0) is 7.05 Å². The van der Waals surface area contributed by atoms with Crippen molar-refractivity contribution in [1.29, 1.82) is 0 Å². The van der Waals surface area contributed by atoms with Gasteiger partial charge in [0.1, 0.15) is 5.75 Å². The second-order valence-corrected chi connectivity index (χ2v) is 8.55. The van der Waals surface area contributed by atoms with Gasteiger partial charge in [0.25, 0.3) is 5.56 Å². The Morgan fingerprint density at radius 1 is 1.29 bits per heavy atom. The van der Waals surface area contributed by atoms with E-state index in [4.69, 9.17) is 0 Å². The van der Waals surface area contributed by atoms with E-state index >= 15 is 0 Å². The van der Waals surface area contributed by atoms with Gasteiger partial charge >= 0.3 is 0 Å². The van der Waals surface area contributed by atoms with Crippen molar-refractivity contribution in [3.8, 4) is 17.0 Å². The lowest BCUT2D eigenvalue weighted by Crippen LogP contribution is -2.46. The first kappa shape index (κ1) is 18.9. The summed E-state index contributed by atoms with van der Waals surface area (Å²) in [6.07, 6.45) is 2.15. The van der Waals surface area contributed by atoms with Crippen LogP contribution in [0.15, 0.2) is 28.4 Å². The maximum atomic E-state index is 12.9. The summed E-state index contributed by atoms with van der Waals surface area (Å²) in [5.74, 6) is 0.533. The monoisotopic (exact) mass is 399 g/mol. The average Bonchev–Trinajstić information content (AvgIpc) is 3.17. The number of fused-ring (bicyclic) bond motifs is 1. The third kappa shape index (κ3) is 3.38. The van der Waals surface area contributed by atoms with Crippen LogP contribution in [0.2, 0.25) is 0 Å². The third-order valence-corrected chi connectivity index (χ3v) is 6.33. The maximum Gasteiger partial charge on any atom is 0.281 e. The number of hydrogen-bond acceptors (Lipinski definition) is 7. The molecule has 0 unspecified atom stereocenters. The van der Waals surface area contributed by atoms with Gasteiger partial charge in [0.15, 0.2) is 5.69 Å². The molecule has 2 N–H and O–H groups in total. The molecule has 1 aliphatic heterocycles. The molecule has 148 valence electrons. The van der Waals surface area contributed by atoms with Crippen molar-refractivity contribution >= 4 is 27.4 Å². The van der Waals surface area contributed by atoms with Crippen molar-refractivity contribution in [2.24, 2.45) is 7.05 Å². The Hall–Kier alpha value is -2.45. The van der Waals surface area contributed by atoms with Crippen molar-refractivity contribution in [2.45, 2.75) is 38.8 Å². The summed E-state index contributed by atoms with van der Waals surface area (Å²) in [5, 5.41) is 25.0. The summed E-state index contributed by atoms with van der Waals surface area (Å²) < 4.78 is 2.45. The first-order valence-electron chi connectivity index (χ1n) is 9.59. The zero-order valence-corrected chi connectivity index (χ0v) is 17.2. The Morgan fingerprint density at radius 2 is 2.11 bits per heavy atom. The van der Waals surface area contributed by atoms with E-state index in [1.807, 2.05) is 17.5 Å². The van der Waals surface area contributed by atoms with E-state index in [1.54, 1.807) is 24.5 Å². The Balaban J connectivity index is 1.63. The molecule has 8 heteroatoms. The van der Waals surface area contributed by atoms with Crippen LogP contribution in [0.3, 0.4) is 0 Å². The molecule has 0 spiro atoms. The Kier molecular flexibility index (Phi) is 5.07. The molecule has 1 saturated heterocycles. The van der Waals surface area contributed by atoms with Crippen LogP contribution in [-0.4, -0.2) is 49.9 Å². The molecule has 0 saturated carbocycles. The number of nitrogens with one attached hydrogen (secondary N) is 1. The van der Waals surface area contributed by atoms with Gasteiger partial charge in [0.05, 0.1) is 5.56 Å². The van der Waals surface area contributed by atoms with Crippen LogP contribution in [0.5, 0.6) is 5.75 Å². The fourth-order valence-corrected chi connectivity index (χ4v) is 4.54. The van der Waals surface area contributed by atoms with Gasteiger partial charge in [-0.05, 0) is 56.8 Å². The van der Waals surface area contributed by atoms with Crippen LogP contribution >= 0.6 is 11.3 Å². The second kappa shape index (κ2) is 7.52. The molecular weight excluding hydrogens is 374 g/mol. The van der Waals surface area contributed by atoms with Crippen LogP contribution in [0.4, 0.5) is 5.95 Å². The number of likely N-dealkylation sites (tertiary alicyclic amines) is 1. The number of aromatic hydroxyl groups is 1. The molecule has 28 heavy (non-hydrogen) atoms. The zero-order valence-electron chi connectivity index (χ0n) is 16.3. The second-order valence-electron chi connectivity index (χ2n) is 7.60. The Bertz CT molecular complexity index is 1060. The van der Waals surface area contributed by atoms with Crippen LogP contribution < -0.4 is 10.9 Å². The highest BCUT2D eigenvalue weighted by atomic mass is 32.1. The van der Waals surface area contributed by atoms with Crippen molar-refractivity contribution in [3.63, 3.8) is 0 Å². The number of aromatic nitrogens is 3. The summed E-state index contributed by atoms with van der Waals surface area (Å²) in [7, 11) is 1.69. The predicted molar refractivity (Wildman–Crippen MR) is 113 cm³/mol. The van der Waals surface area contributed by atoms with Gasteiger partial charge in [-0.3, -0.25) is 14.3 Å². The quantitative estimate of drug-likeness (QED) is 0.702. The third-order valence-electron chi connectivity index (χ3n) is 5.45. The van der Waals surface area contributed by atoms with E-state index in [2.05, 4.69) is 34.3 Å². The number of anilines is 1. The highest BCUT2D eigenvalue weighted by Crippen LogP contribution is 2.36. The summed E-state index contributed by atoms with van der Waals surface area (Å²) in [4.78, 5) is 15.4. The zero-order chi connectivity index (χ0) is 19.8. The number of benzene rings is 1. The number of piperidine rings is 1. The van der Waals surface area contributed by atoms with E-state index < -0.39 is 0 Å². The summed E-state index contributed by atoms with van der Waals surface area (Å²) >= 11 is 1.54. The molecule has 2 aromatic heterocycles. The lowest BCUT2D eigenvalue weighted by Gasteiger charge is -2.35. The molecule has 3 aromatic rings. The van der Waals surface area contributed by atoms with Gasteiger partial charge in [-0.1, -0.05) is 0 Å². The molecule has 1 atom stereocenters. The van der Waals surface area contributed by atoms with E-state index in [0.717, 1.165) is 36.0 Å². The normalized spacial score (nSPS) is 18.1. The summed E-state index contributed by atoms with van der Waals surface area (Å²) in [5.41, 5.74) is 0.291. The number of nitrogens with zero attached hydrogens (tertiary/aromatic N) is 4. The number of hydrogen-bond donors (Lipinski definition) is 2. The fraction of sp³-hybridized carbons (Fsp3) is 0.450. The average molecular weight is 400 g/mol. The molecule has 3 heterocycles. The van der Waals surface area contributed by atoms with E-state index in [0.29, 0.717) is 17.6 Å². The van der Waals surface area contributed by atoms with Gasteiger partial charge < -0.3 is 10.4 Å². The minimum atomic E-state index is -0.279. The Morgan fingerprint density at radius 3 is 2.89 bits per heavy atom. The SMILES string of the molecule is CC(C)N1CCC[C@@H](Nc2nnc(-c3ccc4sccc4c3O)c(=O)n2C)C1. The van der Waals surface area contributed by atoms with E-state index in [1.165, 1.54) is 4.57 Å². The molecule has 0 aliphatic carbocycles. The highest BCUT2D eigenvalue weighted by Gasteiger charge is 2.23. The van der Waals surface area contributed by atoms with Crippen molar-refractivity contribution in [3.05, 3.63) is 33.9 Å². The smallest absolute Gasteiger partial charge is 0.281 e. The first-order chi connectivity index (χ1) is 13.5. The molecule has 4 rings (SSSR count). The number of thiophene rings is 1. The standard InChI is InChI=1S/C20H25N5O2S/c1-12(2)25-9-4-5-13(11-25)21-20-23-22-17(19(27)24(20)3)15-6-7-16-14(18(15)26)8-10-28-16/h6-8,10,12-13,26H,4-5,9,11H2,1-3H3,(H,21,23)/t13-/m1/s1. The topological polar surface area (TPSA) is 83.3 Å². The number of phenolic OH excluding ortho intramolecular Hbond substituents is 1. The minimum absolute atomic E-state index is 0.0747. The Labute approximate surface area is 167 Å². The molecule has 1 fully saturated rings.